The minimum absolute atomic E-state index is 0.555. The summed E-state index contributed by atoms with van der Waals surface area (Å²) < 4.78 is 7.10. The van der Waals surface area contributed by atoms with Gasteiger partial charge in [0.2, 0.25) is 0 Å². The fourth-order valence-electron chi connectivity index (χ4n) is 1.98. The third-order valence-corrected chi connectivity index (χ3v) is 3.02. The number of nitriles is 1. The quantitative estimate of drug-likeness (QED) is 0.829. The van der Waals surface area contributed by atoms with E-state index in [9.17, 15) is 0 Å². The SMILES string of the molecule is CCc1cc(-c2ncc(C#N)n2C)ccc1OC. The first-order valence-corrected chi connectivity index (χ1v) is 5.80. The number of imidazole rings is 1. The van der Waals surface area contributed by atoms with Crippen LogP contribution < -0.4 is 4.74 Å². The first-order valence-electron chi connectivity index (χ1n) is 5.80. The molecule has 2 rings (SSSR count). The molecule has 0 bridgehead atoms. The molecule has 1 aromatic heterocycles. The van der Waals surface area contributed by atoms with Crippen LogP contribution in [-0.4, -0.2) is 16.7 Å². The number of nitrogens with zero attached hydrogens (tertiary/aromatic N) is 3. The fraction of sp³-hybridized carbons (Fsp3) is 0.286. The minimum Gasteiger partial charge on any atom is -0.496 e. The Morgan fingerprint density at radius 1 is 1.44 bits per heavy atom. The Kier molecular flexibility index (Phi) is 3.33. The van der Waals surface area contributed by atoms with Gasteiger partial charge in [0.1, 0.15) is 23.3 Å². The molecular weight excluding hydrogens is 226 g/mol. The van der Waals surface area contributed by atoms with Crippen LogP contribution in [0.5, 0.6) is 5.75 Å². The van der Waals surface area contributed by atoms with Gasteiger partial charge in [0.25, 0.3) is 0 Å². The van der Waals surface area contributed by atoms with Gasteiger partial charge in [-0.2, -0.15) is 5.26 Å². The van der Waals surface area contributed by atoms with E-state index in [0.29, 0.717) is 5.69 Å². The normalized spacial score (nSPS) is 10.1. The molecule has 0 fully saturated rings. The van der Waals surface area contributed by atoms with Gasteiger partial charge in [-0.25, -0.2) is 4.98 Å². The summed E-state index contributed by atoms with van der Waals surface area (Å²) in [5, 5.41) is 8.93. The largest absolute Gasteiger partial charge is 0.496 e. The zero-order chi connectivity index (χ0) is 13.1. The molecule has 0 aliphatic rings. The molecule has 0 radical (unpaired) electrons. The fourth-order valence-corrected chi connectivity index (χ4v) is 1.98. The van der Waals surface area contributed by atoms with Gasteiger partial charge in [-0.15, -0.1) is 0 Å². The highest BCUT2D eigenvalue weighted by atomic mass is 16.5. The maximum absolute atomic E-state index is 8.93. The third-order valence-electron chi connectivity index (χ3n) is 3.02. The van der Waals surface area contributed by atoms with Crippen LogP contribution in [0.15, 0.2) is 24.4 Å². The average molecular weight is 241 g/mol. The van der Waals surface area contributed by atoms with Gasteiger partial charge in [0.15, 0.2) is 0 Å². The summed E-state index contributed by atoms with van der Waals surface area (Å²) in [5.41, 5.74) is 2.69. The molecule has 0 spiro atoms. The van der Waals surface area contributed by atoms with Gasteiger partial charge in [-0.3, -0.25) is 0 Å². The molecule has 0 N–H and O–H groups in total. The number of ether oxygens (including phenoxy) is 1. The molecule has 18 heavy (non-hydrogen) atoms. The zero-order valence-electron chi connectivity index (χ0n) is 10.8. The van der Waals surface area contributed by atoms with Crippen LogP contribution in [0.2, 0.25) is 0 Å². The molecule has 0 amide bonds. The number of hydrogen-bond donors (Lipinski definition) is 0. The molecule has 1 aromatic carbocycles. The molecule has 2 aromatic rings. The van der Waals surface area contributed by atoms with E-state index in [-0.39, 0.29) is 0 Å². The van der Waals surface area contributed by atoms with Gasteiger partial charge in [-0.1, -0.05) is 6.92 Å². The molecule has 4 nitrogen and oxygen atoms in total. The highest BCUT2D eigenvalue weighted by molar-refractivity contribution is 5.60. The molecule has 0 atom stereocenters. The van der Waals surface area contributed by atoms with E-state index in [0.717, 1.165) is 29.1 Å². The van der Waals surface area contributed by atoms with Crippen LogP contribution in [0.4, 0.5) is 0 Å². The zero-order valence-corrected chi connectivity index (χ0v) is 10.8. The van der Waals surface area contributed by atoms with Crippen molar-refractivity contribution in [1.82, 2.24) is 9.55 Å². The molecular formula is C14H15N3O. The summed E-state index contributed by atoms with van der Waals surface area (Å²) in [6, 6.07) is 8.07. The van der Waals surface area contributed by atoms with Gasteiger partial charge in [-0.05, 0) is 30.2 Å². The van der Waals surface area contributed by atoms with Crippen LogP contribution in [-0.2, 0) is 13.5 Å². The molecule has 0 aliphatic carbocycles. The maximum atomic E-state index is 8.93. The summed E-state index contributed by atoms with van der Waals surface area (Å²) in [6.07, 6.45) is 2.48. The lowest BCUT2D eigenvalue weighted by atomic mass is 10.1. The van der Waals surface area contributed by atoms with Crippen LogP contribution in [0.25, 0.3) is 11.4 Å². The summed E-state index contributed by atoms with van der Waals surface area (Å²) in [6.45, 7) is 2.08. The lowest BCUT2D eigenvalue weighted by molar-refractivity contribution is 0.410. The monoisotopic (exact) mass is 241 g/mol. The Labute approximate surface area is 106 Å². The third kappa shape index (κ3) is 1.95. The Balaban J connectivity index is 2.51. The van der Waals surface area contributed by atoms with E-state index in [4.69, 9.17) is 10.00 Å². The Hall–Kier alpha value is -2.28. The number of aryl methyl sites for hydroxylation is 1. The van der Waals surface area contributed by atoms with Gasteiger partial charge < -0.3 is 9.30 Å². The predicted molar refractivity (Wildman–Crippen MR) is 69.3 cm³/mol. The second kappa shape index (κ2) is 4.92. The van der Waals surface area contributed by atoms with E-state index in [1.807, 2.05) is 19.2 Å². The van der Waals surface area contributed by atoms with Crippen molar-refractivity contribution in [3.63, 3.8) is 0 Å². The number of hydrogen-bond acceptors (Lipinski definition) is 3. The van der Waals surface area contributed by atoms with Crippen LogP contribution in [0.3, 0.4) is 0 Å². The van der Waals surface area contributed by atoms with Gasteiger partial charge in [0.05, 0.1) is 13.3 Å². The molecule has 0 saturated heterocycles. The van der Waals surface area contributed by atoms with E-state index in [1.165, 1.54) is 0 Å². The maximum Gasteiger partial charge on any atom is 0.140 e. The molecule has 0 aliphatic heterocycles. The Morgan fingerprint density at radius 2 is 2.22 bits per heavy atom. The van der Waals surface area contributed by atoms with Crippen molar-refractivity contribution in [1.29, 1.82) is 5.26 Å². The molecule has 1 heterocycles. The number of aromatic nitrogens is 2. The van der Waals surface area contributed by atoms with E-state index in [2.05, 4.69) is 24.0 Å². The highest BCUT2D eigenvalue weighted by Gasteiger charge is 2.10. The average Bonchev–Trinajstić information content (AvgIpc) is 2.79. The van der Waals surface area contributed by atoms with Crippen molar-refractivity contribution in [2.75, 3.05) is 7.11 Å². The number of rotatable bonds is 3. The van der Waals surface area contributed by atoms with E-state index in [1.54, 1.807) is 17.9 Å². The first-order chi connectivity index (χ1) is 8.71. The van der Waals surface area contributed by atoms with Crippen molar-refractivity contribution < 1.29 is 4.74 Å². The van der Waals surface area contributed by atoms with Crippen molar-refractivity contribution in [3.05, 3.63) is 35.7 Å². The van der Waals surface area contributed by atoms with Crippen LogP contribution >= 0.6 is 0 Å². The first kappa shape index (κ1) is 12.2. The topological polar surface area (TPSA) is 50.8 Å². The summed E-state index contributed by atoms with van der Waals surface area (Å²) >= 11 is 0. The molecule has 92 valence electrons. The molecule has 4 heteroatoms. The second-order valence-corrected chi connectivity index (χ2v) is 4.02. The lowest BCUT2D eigenvalue weighted by Gasteiger charge is -2.09. The smallest absolute Gasteiger partial charge is 0.140 e. The van der Waals surface area contributed by atoms with Crippen LogP contribution in [0, 0.1) is 11.3 Å². The van der Waals surface area contributed by atoms with E-state index >= 15 is 0 Å². The molecule has 0 saturated carbocycles. The Bertz CT molecular complexity index is 608. The number of methoxy groups -OCH3 is 1. The van der Waals surface area contributed by atoms with Gasteiger partial charge in [0, 0.05) is 12.6 Å². The van der Waals surface area contributed by atoms with Crippen molar-refractivity contribution >= 4 is 0 Å². The summed E-state index contributed by atoms with van der Waals surface area (Å²) in [5.74, 6) is 1.68. The highest BCUT2D eigenvalue weighted by Crippen LogP contribution is 2.26. The van der Waals surface area contributed by atoms with Crippen molar-refractivity contribution in [3.8, 4) is 23.2 Å². The summed E-state index contributed by atoms with van der Waals surface area (Å²) in [7, 11) is 3.51. The lowest BCUT2D eigenvalue weighted by Crippen LogP contribution is -1.97. The van der Waals surface area contributed by atoms with Gasteiger partial charge >= 0.3 is 0 Å². The standard InChI is InChI=1S/C14H15N3O/c1-4-10-7-11(5-6-13(10)18-3)14-16-9-12(8-15)17(14)2/h5-7,9H,4H2,1-3H3. The van der Waals surface area contributed by atoms with Crippen molar-refractivity contribution in [2.24, 2.45) is 7.05 Å². The minimum atomic E-state index is 0.555. The summed E-state index contributed by atoms with van der Waals surface area (Å²) in [4.78, 5) is 4.29. The van der Waals surface area contributed by atoms with Crippen LogP contribution in [0.1, 0.15) is 18.2 Å². The van der Waals surface area contributed by atoms with Crippen molar-refractivity contribution in [2.45, 2.75) is 13.3 Å². The number of benzene rings is 1. The van der Waals surface area contributed by atoms with E-state index < -0.39 is 0 Å². The molecule has 0 unspecified atom stereocenters. The predicted octanol–water partition coefficient (Wildman–Crippen LogP) is 2.53. The second-order valence-electron chi connectivity index (χ2n) is 4.02. The Morgan fingerprint density at radius 3 is 2.78 bits per heavy atom.